The normalized spacial score (nSPS) is 15.8. The maximum Gasteiger partial charge on any atom is 0.243 e. The first-order valence-corrected chi connectivity index (χ1v) is 26.9. The van der Waals surface area contributed by atoms with Crippen molar-refractivity contribution in [3.05, 3.63) is 131 Å². The van der Waals surface area contributed by atoms with Crippen molar-refractivity contribution in [1.82, 2.24) is 45.4 Å². The maximum atomic E-state index is 13.1. The summed E-state index contributed by atoms with van der Waals surface area (Å²) < 4.78 is 18.7. The molecule has 0 radical (unpaired) electrons. The van der Waals surface area contributed by atoms with Crippen LogP contribution < -0.4 is 27.4 Å². The van der Waals surface area contributed by atoms with Gasteiger partial charge in [-0.25, -0.2) is 19.9 Å². The van der Waals surface area contributed by atoms with E-state index in [9.17, 15) is 24.3 Å². The monoisotopic (exact) mass is 1060 g/mol. The molecular formula is C57H65N11O8S. The molecule has 9 rings (SSSR count). The highest BCUT2D eigenvalue weighted by Gasteiger charge is 2.39. The Morgan fingerprint density at radius 3 is 2.27 bits per heavy atom. The molecule has 1 aliphatic carbocycles. The van der Waals surface area contributed by atoms with Gasteiger partial charge in [0.05, 0.1) is 79.6 Å². The Labute approximate surface area is 450 Å². The van der Waals surface area contributed by atoms with Crippen LogP contribution in [0.1, 0.15) is 60.9 Å². The standard InChI is InChI=1S/C57H65N11O8S/c1-37-52(77-36-64-37)40-11-8-39(9-12-40)33-63-56(73)48-32-44(69)35-67(48)51(72)34-62-50(71)20-25-74-27-29-76-30-28-75-26-24-60-49(70)19-10-38-5-2-6-41(31-38)46-17-18-47-55(65-46)68(54(66-47)45-7-3-23-61-53(45)58)43-15-13-42(14-16-43)57(59)21-4-22-57/h2-3,5-9,11-18,23,31,36,44,48,69H,4,10,19-22,24-30,32-35,59H2,1H3,(H2,58,61)(H,60,70)(H,62,71)(H,63,73)/t44-,48+/m1/s1. The van der Waals surface area contributed by atoms with Gasteiger partial charge >= 0.3 is 0 Å². The Morgan fingerprint density at radius 1 is 0.792 bits per heavy atom. The molecule has 4 aromatic heterocycles. The number of nitrogen functional groups attached to an aromatic ring is 1. The van der Waals surface area contributed by atoms with E-state index in [-0.39, 0.29) is 69.0 Å². The minimum absolute atomic E-state index is 0.00683. The number of ether oxygens (including phenoxy) is 3. The summed E-state index contributed by atoms with van der Waals surface area (Å²) in [4.78, 5) is 72.5. The number of aryl methyl sites for hydroxylation is 2. The fourth-order valence-electron chi connectivity index (χ4n) is 9.50. The van der Waals surface area contributed by atoms with E-state index in [2.05, 4.69) is 56.3 Å². The average Bonchev–Trinajstić information content (AvgIpc) is 4.22. The van der Waals surface area contributed by atoms with E-state index in [0.717, 1.165) is 69.0 Å². The molecule has 3 aromatic carbocycles. The van der Waals surface area contributed by atoms with Gasteiger partial charge in [0.25, 0.3) is 0 Å². The number of carbonyl (C=O) groups excluding carboxylic acids is 4. The van der Waals surface area contributed by atoms with Crippen molar-refractivity contribution in [2.24, 2.45) is 5.73 Å². The Morgan fingerprint density at radius 2 is 1.55 bits per heavy atom. The van der Waals surface area contributed by atoms with Crippen LogP contribution in [-0.2, 0) is 51.9 Å². The Balaban J connectivity index is 0.629. The zero-order valence-corrected chi connectivity index (χ0v) is 43.9. The van der Waals surface area contributed by atoms with Gasteiger partial charge in [-0.2, -0.15) is 0 Å². The van der Waals surface area contributed by atoms with Crippen LogP contribution in [0, 0.1) is 6.92 Å². The number of benzene rings is 3. The topological polar surface area (TPSA) is 264 Å². The fraction of sp³-hybridized carbons (Fsp3) is 0.368. The molecule has 20 heteroatoms. The average molecular weight is 1060 g/mol. The number of carbonyl (C=O) groups is 4. The number of aliphatic hydroxyl groups is 1. The highest BCUT2D eigenvalue weighted by Crippen LogP contribution is 2.40. The number of nitrogens with one attached hydrogen (secondary N) is 3. The summed E-state index contributed by atoms with van der Waals surface area (Å²) >= 11 is 1.57. The molecule has 0 bridgehead atoms. The SMILES string of the molecule is Cc1ncsc1-c1ccc(CNC(=O)[C@@H]2C[C@@H](O)CN2C(=O)CNC(=O)CCOCCOCCOCCNC(=O)CCc2cccc(-c3ccc4nc(-c5cccnc5N)n(-c5ccc(C6(N)CCC6)cc5)c4n3)c2)cc1. The number of thiazole rings is 1. The number of hydrogen-bond acceptors (Lipinski definition) is 15. The number of likely N-dealkylation sites (tertiary alicyclic amines) is 1. The van der Waals surface area contributed by atoms with Crippen molar-refractivity contribution in [2.45, 2.75) is 76.1 Å². The minimum Gasteiger partial charge on any atom is -0.391 e. The number of amides is 4. The van der Waals surface area contributed by atoms with Gasteiger partial charge in [0, 0.05) is 61.9 Å². The molecule has 0 unspecified atom stereocenters. The molecule has 77 heavy (non-hydrogen) atoms. The highest BCUT2D eigenvalue weighted by atomic mass is 32.1. The van der Waals surface area contributed by atoms with Crippen molar-refractivity contribution in [3.63, 3.8) is 0 Å². The van der Waals surface area contributed by atoms with E-state index < -0.39 is 18.1 Å². The number of β-amino-alcohol motifs (C(OH)–C–C–N with tert-alkyl or cyclic N) is 1. The smallest absolute Gasteiger partial charge is 0.243 e. The molecule has 19 nitrogen and oxygen atoms in total. The first-order chi connectivity index (χ1) is 37.4. The minimum atomic E-state index is -0.843. The zero-order chi connectivity index (χ0) is 53.7. The van der Waals surface area contributed by atoms with E-state index in [4.69, 9.17) is 35.6 Å². The van der Waals surface area contributed by atoms with E-state index in [1.54, 1.807) is 17.5 Å². The summed E-state index contributed by atoms with van der Waals surface area (Å²) in [5, 5.41) is 18.7. The van der Waals surface area contributed by atoms with Crippen LogP contribution in [0.5, 0.6) is 0 Å². The lowest BCUT2D eigenvalue weighted by molar-refractivity contribution is -0.138. The lowest BCUT2D eigenvalue weighted by Gasteiger charge is -2.38. The molecule has 8 N–H and O–H groups in total. The van der Waals surface area contributed by atoms with Gasteiger partial charge in [0.2, 0.25) is 23.6 Å². The van der Waals surface area contributed by atoms with Crippen LogP contribution >= 0.6 is 11.3 Å². The number of fused-ring (bicyclic) bond motifs is 1. The number of pyridine rings is 2. The van der Waals surface area contributed by atoms with Crippen LogP contribution in [0.3, 0.4) is 0 Å². The largest absolute Gasteiger partial charge is 0.391 e. The van der Waals surface area contributed by atoms with Crippen LogP contribution in [-0.4, -0.2) is 130 Å². The summed E-state index contributed by atoms with van der Waals surface area (Å²) in [6.07, 6.45) is 4.88. The number of imidazole rings is 1. The number of anilines is 1. The van der Waals surface area contributed by atoms with Gasteiger partial charge in [-0.1, -0.05) is 54.6 Å². The van der Waals surface area contributed by atoms with Gasteiger partial charge in [-0.15, -0.1) is 11.3 Å². The number of aliphatic hydroxyl groups excluding tert-OH is 1. The highest BCUT2D eigenvalue weighted by molar-refractivity contribution is 7.13. The fourth-order valence-corrected chi connectivity index (χ4v) is 10.3. The molecule has 2 fully saturated rings. The molecular weight excluding hydrogens is 999 g/mol. The Bertz CT molecular complexity index is 3160. The van der Waals surface area contributed by atoms with Crippen LogP contribution in [0.15, 0.2) is 109 Å². The van der Waals surface area contributed by atoms with Gasteiger partial charge in [-0.3, -0.25) is 23.7 Å². The molecule has 2 aliphatic rings. The molecule has 1 saturated heterocycles. The van der Waals surface area contributed by atoms with E-state index in [1.807, 2.05) is 83.7 Å². The zero-order valence-electron chi connectivity index (χ0n) is 43.1. The number of rotatable bonds is 25. The third kappa shape index (κ3) is 13.8. The lowest BCUT2D eigenvalue weighted by atomic mass is 9.73. The molecule has 1 aliphatic heterocycles. The molecule has 2 atom stereocenters. The van der Waals surface area contributed by atoms with Crippen LogP contribution in [0.25, 0.3) is 49.9 Å². The summed E-state index contributed by atoms with van der Waals surface area (Å²) in [7, 11) is 0. The quantitative estimate of drug-likeness (QED) is 0.0393. The predicted octanol–water partition coefficient (Wildman–Crippen LogP) is 5.38. The Kier molecular flexibility index (Phi) is 18.1. The second kappa shape index (κ2) is 25.6. The molecule has 0 spiro atoms. The van der Waals surface area contributed by atoms with E-state index in [1.165, 1.54) is 4.90 Å². The summed E-state index contributed by atoms with van der Waals surface area (Å²) in [6.45, 7) is 3.95. The van der Waals surface area contributed by atoms with Crippen molar-refractivity contribution < 1.29 is 38.5 Å². The van der Waals surface area contributed by atoms with Gasteiger partial charge in [0.1, 0.15) is 17.4 Å². The number of aromatic nitrogens is 5. The summed E-state index contributed by atoms with van der Waals surface area (Å²) in [5.41, 5.74) is 24.2. The molecule has 7 aromatic rings. The van der Waals surface area contributed by atoms with Crippen molar-refractivity contribution in [1.29, 1.82) is 0 Å². The van der Waals surface area contributed by atoms with Gasteiger partial charge in [-0.05, 0) is 97.3 Å². The maximum absolute atomic E-state index is 13.1. The summed E-state index contributed by atoms with van der Waals surface area (Å²) in [6, 6.07) is 31.0. The van der Waals surface area contributed by atoms with Crippen LogP contribution in [0.4, 0.5) is 5.82 Å². The third-order valence-corrected chi connectivity index (χ3v) is 14.9. The molecule has 402 valence electrons. The third-order valence-electron chi connectivity index (χ3n) is 13.9. The van der Waals surface area contributed by atoms with Crippen LogP contribution in [0.2, 0.25) is 0 Å². The number of hydrogen-bond donors (Lipinski definition) is 6. The van der Waals surface area contributed by atoms with Crippen molar-refractivity contribution in [3.8, 4) is 38.8 Å². The first kappa shape index (κ1) is 54.3. The molecule has 5 heterocycles. The van der Waals surface area contributed by atoms with Crippen molar-refractivity contribution >= 4 is 51.9 Å². The van der Waals surface area contributed by atoms with E-state index in [0.29, 0.717) is 74.2 Å². The van der Waals surface area contributed by atoms with Crippen molar-refractivity contribution in [2.75, 3.05) is 65.0 Å². The second-order valence-electron chi connectivity index (χ2n) is 19.4. The number of nitrogens with two attached hydrogens (primary N) is 2. The lowest BCUT2D eigenvalue weighted by Crippen LogP contribution is -2.49. The second-order valence-corrected chi connectivity index (χ2v) is 20.2. The molecule has 1 saturated carbocycles. The predicted molar refractivity (Wildman–Crippen MR) is 293 cm³/mol. The van der Waals surface area contributed by atoms with Gasteiger partial charge in [0.15, 0.2) is 11.5 Å². The van der Waals surface area contributed by atoms with Gasteiger partial charge < -0.3 is 51.6 Å². The number of nitrogens with zero attached hydrogens (tertiary/aromatic N) is 6. The Hall–Kier alpha value is -7.46. The van der Waals surface area contributed by atoms with E-state index >= 15 is 0 Å². The summed E-state index contributed by atoms with van der Waals surface area (Å²) in [5.74, 6) is -0.277. The first-order valence-electron chi connectivity index (χ1n) is 26.0. The molecule has 4 amide bonds.